The highest BCUT2D eigenvalue weighted by Gasteiger charge is 2.38. The third-order valence-electron chi connectivity index (χ3n) is 12.7. The standard InChI is InChI=1S/C57H74O11/c1-9-13-14-16-41-18-20-43(21-19-41)44-22-24-45(25-23-44)46-26-28-51(42(10-2)31-46)47-27-29-52(48(32-47)17-15-30-64-55(62)39(5)6)65-35-57(38-68-56(63)40(7)8,36-66-53(60)33-49(58)11-3)37-67-54(61)34-50(59)12-4/h22-29,31-32,41,43H,5,7,9-21,30,33-38H2,1-4,6,8H3. The van der Waals surface area contributed by atoms with E-state index in [-0.39, 0.29) is 43.2 Å². The fraction of sp³-hybridized carbons (Fsp3) is 0.509. The van der Waals surface area contributed by atoms with Gasteiger partial charge in [0.05, 0.1) is 6.61 Å². The molecule has 0 unspecified atom stereocenters. The maximum Gasteiger partial charge on any atom is 0.333 e. The number of hydrogen-bond acceptors (Lipinski definition) is 11. The van der Waals surface area contributed by atoms with Crippen LogP contribution in [0.1, 0.15) is 148 Å². The van der Waals surface area contributed by atoms with E-state index in [0.717, 1.165) is 40.2 Å². The van der Waals surface area contributed by atoms with Crippen LogP contribution in [0.25, 0.3) is 22.3 Å². The number of Topliss-reactive ketones (excluding diaryl/α,β-unsaturated/α-hetero) is 2. The van der Waals surface area contributed by atoms with Crippen LogP contribution in [0, 0.1) is 11.3 Å². The van der Waals surface area contributed by atoms with Crippen LogP contribution in [0.5, 0.6) is 5.75 Å². The molecule has 368 valence electrons. The van der Waals surface area contributed by atoms with Gasteiger partial charge in [0.1, 0.15) is 62.0 Å². The minimum absolute atomic E-state index is 0.110. The van der Waals surface area contributed by atoms with E-state index in [1.54, 1.807) is 20.8 Å². The van der Waals surface area contributed by atoms with E-state index >= 15 is 0 Å². The van der Waals surface area contributed by atoms with Crippen molar-refractivity contribution in [3.63, 3.8) is 0 Å². The second-order valence-corrected chi connectivity index (χ2v) is 18.5. The van der Waals surface area contributed by atoms with Crippen molar-refractivity contribution in [2.24, 2.45) is 11.3 Å². The van der Waals surface area contributed by atoms with Gasteiger partial charge in [0.2, 0.25) is 0 Å². The van der Waals surface area contributed by atoms with Gasteiger partial charge in [-0.05, 0) is 122 Å². The van der Waals surface area contributed by atoms with Crippen LogP contribution < -0.4 is 4.74 Å². The van der Waals surface area contributed by atoms with E-state index < -0.39 is 62.0 Å². The van der Waals surface area contributed by atoms with Gasteiger partial charge in [-0.15, -0.1) is 0 Å². The van der Waals surface area contributed by atoms with E-state index in [4.69, 9.17) is 23.7 Å². The lowest BCUT2D eigenvalue weighted by Crippen LogP contribution is -2.44. The normalized spacial score (nSPS) is 14.6. The SMILES string of the molecule is C=C(C)C(=O)OCCCc1cc(-c2ccc(-c3ccc(C4CCC(CCCCC)CC4)cc3)cc2CC)ccc1OCC(COC(=O)CC(=O)CC)(COC(=O)CC(=O)CC)COC(=O)C(=C)C. The maximum absolute atomic E-state index is 12.8. The first-order valence-corrected chi connectivity index (χ1v) is 24.6. The Morgan fingerprint density at radius 3 is 1.74 bits per heavy atom. The molecule has 11 heteroatoms. The lowest BCUT2D eigenvalue weighted by Gasteiger charge is -2.32. The molecule has 3 aromatic rings. The molecule has 4 rings (SSSR count). The molecule has 0 spiro atoms. The van der Waals surface area contributed by atoms with E-state index in [1.165, 1.54) is 69.4 Å². The number of carbonyl (C=O) groups excluding carboxylic acids is 6. The van der Waals surface area contributed by atoms with Crippen molar-refractivity contribution < 1.29 is 52.5 Å². The molecule has 0 bridgehead atoms. The number of esters is 4. The highest BCUT2D eigenvalue weighted by Crippen LogP contribution is 2.39. The molecule has 1 aliphatic carbocycles. The molecule has 11 nitrogen and oxygen atoms in total. The minimum atomic E-state index is -1.48. The summed E-state index contributed by atoms with van der Waals surface area (Å²) in [4.78, 5) is 74.9. The number of carbonyl (C=O) groups is 6. The molecular weight excluding hydrogens is 861 g/mol. The third-order valence-corrected chi connectivity index (χ3v) is 12.7. The maximum atomic E-state index is 12.8. The Hall–Kier alpha value is -5.84. The summed E-state index contributed by atoms with van der Waals surface area (Å²) in [6.45, 7) is 16.6. The Morgan fingerprint density at radius 1 is 0.603 bits per heavy atom. The molecule has 0 amide bonds. The Bertz CT molecular complexity index is 2180. The Morgan fingerprint density at radius 2 is 1.16 bits per heavy atom. The number of rotatable bonds is 29. The van der Waals surface area contributed by atoms with E-state index in [1.807, 2.05) is 18.2 Å². The fourth-order valence-electron chi connectivity index (χ4n) is 8.36. The van der Waals surface area contributed by atoms with Gasteiger partial charge in [0.25, 0.3) is 0 Å². The van der Waals surface area contributed by atoms with Crippen molar-refractivity contribution in [3.05, 3.63) is 102 Å². The number of unbranched alkanes of at least 4 members (excludes halogenated alkanes) is 2. The summed E-state index contributed by atoms with van der Waals surface area (Å²) in [6.07, 6.45) is 11.5. The van der Waals surface area contributed by atoms with E-state index in [0.29, 0.717) is 30.1 Å². The topological polar surface area (TPSA) is 149 Å². The smallest absolute Gasteiger partial charge is 0.333 e. The van der Waals surface area contributed by atoms with Crippen LogP contribution in [0.4, 0.5) is 0 Å². The van der Waals surface area contributed by atoms with Gasteiger partial charge in [-0.1, -0.05) is 115 Å². The van der Waals surface area contributed by atoms with Crippen LogP contribution >= 0.6 is 0 Å². The molecule has 0 aliphatic heterocycles. The number of hydrogen-bond donors (Lipinski definition) is 0. The average Bonchev–Trinajstić information content (AvgIpc) is 3.34. The number of benzene rings is 3. The average molecular weight is 935 g/mol. The quantitative estimate of drug-likeness (QED) is 0.0215. The van der Waals surface area contributed by atoms with Crippen molar-refractivity contribution in [2.75, 3.05) is 33.0 Å². The van der Waals surface area contributed by atoms with Gasteiger partial charge in [0.15, 0.2) is 0 Å². The van der Waals surface area contributed by atoms with Gasteiger partial charge >= 0.3 is 23.9 Å². The second kappa shape index (κ2) is 27.8. The molecule has 1 saturated carbocycles. The molecule has 0 saturated heterocycles. The molecule has 1 fully saturated rings. The van der Waals surface area contributed by atoms with Crippen LogP contribution in [-0.4, -0.2) is 68.5 Å². The van der Waals surface area contributed by atoms with Crippen LogP contribution in [0.2, 0.25) is 0 Å². The summed E-state index contributed by atoms with van der Waals surface area (Å²) in [5, 5.41) is 0. The van der Waals surface area contributed by atoms with Gasteiger partial charge in [-0.25, -0.2) is 9.59 Å². The van der Waals surface area contributed by atoms with E-state index in [9.17, 15) is 28.8 Å². The number of aryl methyl sites for hydroxylation is 2. The summed E-state index contributed by atoms with van der Waals surface area (Å²) >= 11 is 0. The van der Waals surface area contributed by atoms with Crippen molar-refractivity contribution in [3.8, 4) is 28.0 Å². The predicted molar refractivity (Wildman–Crippen MR) is 265 cm³/mol. The molecule has 68 heavy (non-hydrogen) atoms. The van der Waals surface area contributed by atoms with Gasteiger partial charge in [0, 0.05) is 24.0 Å². The number of ketones is 2. The lowest BCUT2D eigenvalue weighted by molar-refractivity contribution is -0.163. The summed E-state index contributed by atoms with van der Waals surface area (Å²) < 4.78 is 28.7. The first-order chi connectivity index (χ1) is 32.6. The van der Waals surface area contributed by atoms with E-state index in [2.05, 4.69) is 69.5 Å². The highest BCUT2D eigenvalue weighted by molar-refractivity contribution is 5.96. The summed E-state index contributed by atoms with van der Waals surface area (Å²) in [5.41, 5.74) is 6.58. The number of ether oxygens (including phenoxy) is 5. The molecular formula is C57H74O11. The van der Waals surface area contributed by atoms with Crippen LogP contribution in [0.15, 0.2) is 85.0 Å². The Kier molecular flexibility index (Phi) is 22.4. The third kappa shape index (κ3) is 17.4. The highest BCUT2D eigenvalue weighted by atomic mass is 16.6. The lowest BCUT2D eigenvalue weighted by atomic mass is 9.77. The zero-order chi connectivity index (χ0) is 49.6. The van der Waals surface area contributed by atoms with Gasteiger partial charge in [-0.2, -0.15) is 0 Å². The monoisotopic (exact) mass is 935 g/mol. The summed E-state index contributed by atoms with van der Waals surface area (Å²) in [6, 6.07) is 21.5. The zero-order valence-electron chi connectivity index (χ0n) is 41.5. The molecule has 0 N–H and O–H groups in total. The predicted octanol–water partition coefficient (Wildman–Crippen LogP) is 11.8. The second-order valence-electron chi connectivity index (χ2n) is 18.5. The zero-order valence-corrected chi connectivity index (χ0v) is 41.5. The molecule has 1 aliphatic rings. The molecule has 0 aromatic heterocycles. The minimum Gasteiger partial charge on any atom is -0.492 e. The largest absolute Gasteiger partial charge is 0.492 e. The van der Waals surface area contributed by atoms with Gasteiger partial charge in [-0.3, -0.25) is 19.2 Å². The van der Waals surface area contributed by atoms with Crippen molar-refractivity contribution >= 4 is 35.4 Å². The first-order valence-electron chi connectivity index (χ1n) is 24.6. The summed E-state index contributed by atoms with van der Waals surface area (Å²) in [5.74, 6) is -1.57. The molecule has 0 heterocycles. The van der Waals surface area contributed by atoms with Crippen LogP contribution in [0.3, 0.4) is 0 Å². The summed E-state index contributed by atoms with van der Waals surface area (Å²) in [7, 11) is 0. The fourth-order valence-corrected chi connectivity index (χ4v) is 8.36. The first kappa shape index (κ1) is 54.8. The van der Waals surface area contributed by atoms with Crippen LogP contribution in [-0.2, 0) is 60.6 Å². The molecule has 0 atom stereocenters. The van der Waals surface area contributed by atoms with Crippen molar-refractivity contribution in [2.45, 2.75) is 144 Å². The molecule has 3 aromatic carbocycles. The molecule has 0 radical (unpaired) electrons. The van der Waals surface area contributed by atoms with Crippen molar-refractivity contribution in [1.29, 1.82) is 0 Å². The van der Waals surface area contributed by atoms with Crippen molar-refractivity contribution in [1.82, 2.24) is 0 Å². The Labute approximate surface area is 404 Å². The Balaban J connectivity index is 1.65. The van der Waals surface area contributed by atoms with Gasteiger partial charge < -0.3 is 23.7 Å².